The second-order valence-electron chi connectivity index (χ2n) is 3.54. The molecule has 1 atom stereocenters. The van der Waals surface area contributed by atoms with E-state index in [0.29, 0.717) is 17.9 Å². The molecular formula is C13H14BrNO2. The SMILES string of the molecule is CCOc1cccc(CC#N)c1C(=O)C(C)Br. The van der Waals surface area contributed by atoms with Crippen LogP contribution in [0, 0.1) is 11.3 Å². The minimum absolute atomic E-state index is 0.0562. The summed E-state index contributed by atoms with van der Waals surface area (Å²) in [6.07, 6.45) is 0.210. The quantitative estimate of drug-likeness (QED) is 0.619. The topological polar surface area (TPSA) is 50.1 Å². The Hall–Kier alpha value is -1.34. The lowest BCUT2D eigenvalue weighted by Gasteiger charge is -2.13. The van der Waals surface area contributed by atoms with Crippen LogP contribution >= 0.6 is 15.9 Å². The number of rotatable bonds is 5. The van der Waals surface area contributed by atoms with Crippen LogP contribution in [-0.2, 0) is 6.42 Å². The molecule has 0 radical (unpaired) electrons. The van der Waals surface area contributed by atoms with Gasteiger partial charge in [0.15, 0.2) is 5.78 Å². The molecule has 17 heavy (non-hydrogen) atoms. The van der Waals surface area contributed by atoms with Crippen molar-refractivity contribution < 1.29 is 9.53 Å². The average Bonchev–Trinajstić information content (AvgIpc) is 2.29. The van der Waals surface area contributed by atoms with Gasteiger partial charge in [0.05, 0.1) is 29.5 Å². The molecule has 0 aliphatic heterocycles. The first-order valence-electron chi connectivity index (χ1n) is 5.41. The Labute approximate surface area is 110 Å². The summed E-state index contributed by atoms with van der Waals surface area (Å²) >= 11 is 3.26. The Morgan fingerprint density at radius 1 is 1.59 bits per heavy atom. The minimum atomic E-state index is -0.290. The second kappa shape index (κ2) is 6.41. The van der Waals surface area contributed by atoms with E-state index in [1.54, 1.807) is 25.1 Å². The maximum atomic E-state index is 12.1. The summed E-state index contributed by atoms with van der Waals surface area (Å²) in [5.74, 6) is 0.496. The van der Waals surface area contributed by atoms with E-state index in [-0.39, 0.29) is 17.0 Å². The van der Waals surface area contributed by atoms with E-state index in [2.05, 4.69) is 22.0 Å². The minimum Gasteiger partial charge on any atom is -0.493 e. The van der Waals surface area contributed by atoms with Crippen LogP contribution in [0.4, 0.5) is 0 Å². The first-order valence-corrected chi connectivity index (χ1v) is 6.33. The molecule has 0 spiro atoms. The molecule has 0 aromatic heterocycles. The van der Waals surface area contributed by atoms with Gasteiger partial charge in [0.1, 0.15) is 5.75 Å². The van der Waals surface area contributed by atoms with Gasteiger partial charge < -0.3 is 4.74 Å². The molecule has 90 valence electrons. The van der Waals surface area contributed by atoms with Crippen molar-refractivity contribution in [1.29, 1.82) is 5.26 Å². The number of alkyl halides is 1. The smallest absolute Gasteiger partial charge is 0.180 e. The highest BCUT2D eigenvalue weighted by Gasteiger charge is 2.20. The zero-order chi connectivity index (χ0) is 12.8. The lowest BCUT2D eigenvalue weighted by molar-refractivity contribution is 0.0991. The normalized spacial score (nSPS) is 11.6. The van der Waals surface area contributed by atoms with Crippen molar-refractivity contribution in [2.45, 2.75) is 25.1 Å². The number of carbonyl (C=O) groups is 1. The maximum Gasteiger partial charge on any atom is 0.180 e. The molecule has 0 aliphatic carbocycles. The van der Waals surface area contributed by atoms with E-state index in [1.807, 2.05) is 6.92 Å². The lowest BCUT2D eigenvalue weighted by atomic mass is 9.99. The standard InChI is InChI=1S/C13H14BrNO2/c1-3-17-11-6-4-5-10(7-8-15)12(11)13(16)9(2)14/h4-6,9H,3,7H2,1-2H3. The fourth-order valence-corrected chi connectivity index (χ4v) is 1.79. The molecule has 0 fully saturated rings. The van der Waals surface area contributed by atoms with Gasteiger partial charge in [-0.3, -0.25) is 4.79 Å². The van der Waals surface area contributed by atoms with Gasteiger partial charge in [0, 0.05) is 0 Å². The van der Waals surface area contributed by atoms with Crippen molar-refractivity contribution >= 4 is 21.7 Å². The van der Waals surface area contributed by atoms with Gasteiger partial charge in [-0.1, -0.05) is 28.1 Å². The van der Waals surface area contributed by atoms with Crippen molar-refractivity contribution in [1.82, 2.24) is 0 Å². The highest BCUT2D eigenvalue weighted by Crippen LogP contribution is 2.26. The number of hydrogen-bond acceptors (Lipinski definition) is 3. The first kappa shape index (κ1) is 13.7. The lowest BCUT2D eigenvalue weighted by Crippen LogP contribution is -2.14. The summed E-state index contributed by atoms with van der Waals surface area (Å²) in [7, 11) is 0. The molecular weight excluding hydrogens is 282 g/mol. The molecule has 3 nitrogen and oxygen atoms in total. The third-order valence-electron chi connectivity index (χ3n) is 2.29. The van der Waals surface area contributed by atoms with Crippen LogP contribution in [0.1, 0.15) is 29.8 Å². The van der Waals surface area contributed by atoms with E-state index in [4.69, 9.17) is 10.00 Å². The second-order valence-corrected chi connectivity index (χ2v) is 4.91. The van der Waals surface area contributed by atoms with Crippen LogP contribution in [0.5, 0.6) is 5.75 Å². The number of nitrogens with zero attached hydrogens (tertiary/aromatic N) is 1. The van der Waals surface area contributed by atoms with Gasteiger partial charge in [-0.25, -0.2) is 0 Å². The molecule has 1 aromatic carbocycles. The molecule has 4 heteroatoms. The number of ketones is 1. The Morgan fingerprint density at radius 2 is 2.29 bits per heavy atom. The zero-order valence-electron chi connectivity index (χ0n) is 9.87. The van der Waals surface area contributed by atoms with Crippen LogP contribution < -0.4 is 4.74 Å². The summed E-state index contributed by atoms with van der Waals surface area (Å²) in [5, 5.41) is 8.77. The number of carbonyl (C=O) groups excluding carboxylic acids is 1. The summed E-state index contributed by atoms with van der Waals surface area (Å²) in [5.41, 5.74) is 1.23. The van der Waals surface area contributed by atoms with Gasteiger partial charge in [0.2, 0.25) is 0 Å². The van der Waals surface area contributed by atoms with Crippen LogP contribution in [-0.4, -0.2) is 17.2 Å². The molecule has 1 rings (SSSR count). The van der Waals surface area contributed by atoms with Crippen molar-refractivity contribution in [3.05, 3.63) is 29.3 Å². The summed E-state index contributed by atoms with van der Waals surface area (Å²) in [4.78, 5) is 11.8. The van der Waals surface area contributed by atoms with E-state index in [9.17, 15) is 4.79 Å². The zero-order valence-corrected chi connectivity index (χ0v) is 11.5. The van der Waals surface area contributed by atoms with Crippen molar-refractivity contribution in [2.24, 2.45) is 0 Å². The number of Topliss-reactive ketones (excluding diaryl/α,β-unsaturated/α-hetero) is 1. The Balaban J connectivity index is 3.28. The predicted molar refractivity (Wildman–Crippen MR) is 69.6 cm³/mol. The van der Waals surface area contributed by atoms with Crippen LogP contribution in [0.25, 0.3) is 0 Å². The molecule has 1 aromatic rings. The van der Waals surface area contributed by atoms with Crippen LogP contribution in [0.3, 0.4) is 0 Å². The predicted octanol–water partition coefficient (Wildman–Crippen LogP) is 3.12. The van der Waals surface area contributed by atoms with Gasteiger partial charge >= 0.3 is 0 Å². The average molecular weight is 296 g/mol. The fraction of sp³-hybridized carbons (Fsp3) is 0.385. The molecule has 0 amide bonds. The van der Waals surface area contributed by atoms with Crippen molar-refractivity contribution in [3.8, 4) is 11.8 Å². The van der Waals surface area contributed by atoms with E-state index in [0.717, 1.165) is 5.56 Å². The first-order chi connectivity index (χ1) is 8.11. The maximum absolute atomic E-state index is 12.1. The van der Waals surface area contributed by atoms with E-state index < -0.39 is 0 Å². The largest absolute Gasteiger partial charge is 0.493 e. The number of hydrogen-bond donors (Lipinski definition) is 0. The van der Waals surface area contributed by atoms with Crippen LogP contribution in [0.15, 0.2) is 18.2 Å². The van der Waals surface area contributed by atoms with Crippen LogP contribution in [0.2, 0.25) is 0 Å². The van der Waals surface area contributed by atoms with Crippen molar-refractivity contribution in [2.75, 3.05) is 6.61 Å². The summed E-state index contributed by atoms with van der Waals surface area (Å²) < 4.78 is 5.44. The summed E-state index contributed by atoms with van der Waals surface area (Å²) in [6, 6.07) is 7.41. The number of ether oxygens (including phenoxy) is 1. The van der Waals surface area contributed by atoms with Gasteiger partial charge in [-0.2, -0.15) is 5.26 Å². The molecule has 0 saturated heterocycles. The highest BCUT2D eigenvalue weighted by atomic mass is 79.9. The molecule has 0 bridgehead atoms. The third-order valence-corrected chi connectivity index (χ3v) is 2.71. The third kappa shape index (κ3) is 3.31. The van der Waals surface area contributed by atoms with Gasteiger partial charge in [0.25, 0.3) is 0 Å². The van der Waals surface area contributed by atoms with E-state index in [1.165, 1.54) is 0 Å². The molecule has 0 saturated carbocycles. The summed E-state index contributed by atoms with van der Waals surface area (Å²) in [6.45, 7) is 4.12. The molecule has 1 unspecified atom stereocenters. The fourth-order valence-electron chi connectivity index (χ4n) is 1.56. The Kier molecular flexibility index (Phi) is 5.17. The number of nitriles is 1. The highest BCUT2D eigenvalue weighted by molar-refractivity contribution is 9.10. The van der Waals surface area contributed by atoms with Crippen molar-refractivity contribution in [3.63, 3.8) is 0 Å². The van der Waals surface area contributed by atoms with Gasteiger partial charge in [-0.15, -0.1) is 0 Å². The number of halogens is 1. The molecule has 0 aliphatic rings. The number of benzene rings is 1. The van der Waals surface area contributed by atoms with Gasteiger partial charge in [-0.05, 0) is 25.5 Å². The Bertz CT molecular complexity index is 449. The monoisotopic (exact) mass is 295 g/mol. The van der Waals surface area contributed by atoms with E-state index >= 15 is 0 Å². The Morgan fingerprint density at radius 3 is 2.82 bits per heavy atom. The molecule has 0 N–H and O–H groups in total. The molecule has 0 heterocycles.